The zero-order valence-corrected chi connectivity index (χ0v) is 7.75. The molecule has 0 bridgehead atoms. The van der Waals surface area contributed by atoms with E-state index in [0.29, 0.717) is 11.3 Å². The molecule has 0 aromatic carbocycles. The van der Waals surface area contributed by atoms with Gasteiger partial charge in [0.1, 0.15) is 6.33 Å². The Morgan fingerprint density at radius 2 is 2.33 bits per heavy atom. The third kappa shape index (κ3) is 1.15. The lowest BCUT2D eigenvalue weighted by molar-refractivity contribution is 0.963. The van der Waals surface area contributed by atoms with Gasteiger partial charge in [0.25, 0.3) is 0 Å². The molecule has 15 heavy (non-hydrogen) atoms. The molecular weight excluding hydrogens is 192 g/mol. The van der Waals surface area contributed by atoms with E-state index >= 15 is 0 Å². The van der Waals surface area contributed by atoms with Crippen molar-refractivity contribution in [2.24, 2.45) is 0 Å². The molecule has 3 aromatic heterocycles. The molecule has 0 saturated heterocycles. The molecule has 0 aliphatic rings. The molecule has 6 nitrogen and oxygen atoms in total. The van der Waals surface area contributed by atoms with Crippen molar-refractivity contribution in [2.45, 2.75) is 0 Å². The molecular formula is C9H8N6. The van der Waals surface area contributed by atoms with E-state index in [9.17, 15) is 0 Å². The van der Waals surface area contributed by atoms with E-state index in [4.69, 9.17) is 5.73 Å². The zero-order valence-electron chi connectivity index (χ0n) is 7.75. The van der Waals surface area contributed by atoms with Gasteiger partial charge in [0, 0.05) is 12.4 Å². The quantitative estimate of drug-likeness (QED) is 0.606. The van der Waals surface area contributed by atoms with Gasteiger partial charge in [-0.25, -0.2) is 9.97 Å². The van der Waals surface area contributed by atoms with Crippen LogP contribution in [0, 0.1) is 0 Å². The lowest BCUT2D eigenvalue weighted by atomic mass is 10.3. The summed E-state index contributed by atoms with van der Waals surface area (Å²) in [6, 6.07) is 1.83. The molecule has 0 aliphatic carbocycles. The van der Waals surface area contributed by atoms with E-state index < -0.39 is 0 Å². The van der Waals surface area contributed by atoms with Crippen LogP contribution in [0.15, 0.2) is 31.0 Å². The van der Waals surface area contributed by atoms with E-state index in [1.165, 1.54) is 0 Å². The first kappa shape index (κ1) is 7.98. The summed E-state index contributed by atoms with van der Waals surface area (Å²) in [5.41, 5.74) is 7.01. The van der Waals surface area contributed by atoms with Gasteiger partial charge in [-0.1, -0.05) is 0 Å². The molecule has 3 heterocycles. The Hall–Kier alpha value is -2.37. The third-order valence-electron chi connectivity index (χ3n) is 2.17. The normalized spacial score (nSPS) is 10.9. The SMILES string of the molecule is Nc1cnc2[nH]nc(-n3ccnc3)c2c1. The second-order valence-corrected chi connectivity index (χ2v) is 3.18. The van der Waals surface area contributed by atoms with Gasteiger partial charge in [-0.2, -0.15) is 5.10 Å². The van der Waals surface area contributed by atoms with Gasteiger partial charge in [0.05, 0.1) is 17.3 Å². The molecule has 0 saturated carbocycles. The number of fused-ring (bicyclic) bond motifs is 1. The summed E-state index contributed by atoms with van der Waals surface area (Å²) < 4.78 is 1.81. The van der Waals surface area contributed by atoms with E-state index in [0.717, 1.165) is 11.2 Å². The van der Waals surface area contributed by atoms with Crippen LogP contribution in [0.1, 0.15) is 0 Å². The minimum absolute atomic E-state index is 0.616. The van der Waals surface area contributed by atoms with Crippen molar-refractivity contribution in [1.82, 2.24) is 24.7 Å². The highest BCUT2D eigenvalue weighted by Crippen LogP contribution is 2.19. The number of aromatic amines is 1. The lowest BCUT2D eigenvalue weighted by Gasteiger charge is -1.96. The Labute approximate surface area is 84.8 Å². The number of imidazole rings is 1. The predicted molar refractivity (Wildman–Crippen MR) is 55.4 cm³/mol. The number of anilines is 1. The van der Waals surface area contributed by atoms with Gasteiger partial charge in [-0.3, -0.25) is 9.67 Å². The summed E-state index contributed by atoms with van der Waals surface area (Å²) >= 11 is 0. The number of H-pyrrole nitrogens is 1. The molecule has 0 amide bonds. The smallest absolute Gasteiger partial charge is 0.169 e. The first-order valence-corrected chi connectivity index (χ1v) is 4.42. The number of pyridine rings is 1. The summed E-state index contributed by atoms with van der Waals surface area (Å²) in [7, 11) is 0. The molecule has 0 radical (unpaired) electrons. The molecule has 3 aromatic rings. The minimum Gasteiger partial charge on any atom is -0.397 e. The Bertz CT molecular complexity index is 594. The largest absolute Gasteiger partial charge is 0.397 e. The average molecular weight is 200 g/mol. The number of nitrogens with zero attached hydrogens (tertiary/aromatic N) is 4. The van der Waals surface area contributed by atoms with Crippen LogP contribution >= 0.6 is 0 Å². The van der Waals surface area contributed by atoms with Crippen LogP contribution in [0.5, 0.6) is 0 Å². The summed E-state index contributed by atoms with van der Waals surface area (Å²) in [6.45, 7) is 0. The highest BCUT2D eigenvalue weighted by Gasteiger charge is 2.07. The number of hydrogen-bond donors (Lipinski definition) is 2. The Balaban J connectivity index is 2.32. The summed E-state index contributed by atoms with van der Waals surface area (Å²) in [5, 5.41) is 7.88. The molecule has 0 atom stereocenters. The number of hydrogen-bond acceptors (Lipinski definition) is 4. The minimum atomic E-state index is 0.616. The van der Waals surface area contributed by atoms with Gasteiger partial charge >= 0.3 is 0 Å². The number of aromatic nitrogens is 5. The van der Waals surface area contributed by atoms with Crippen molar-refractivity contribution in [2.75, 3.05) is 5.73 Å². The van der Waals surface area contributed by atoms with E-state index in [2.05, 4.69) is 20.2 Å². The van der Waals surface area contributed by atoms with Crippen LogP contribution in [0.3, 0.4) is 0 Å². The van der Waals surface area contributed by atoms with Crippen LogP contribution in [0.2, 0.25) is 0 Å². The van der Waals surface area contributed by atoms with Gasteiger partial charge in [0.2, 0.25) is 0 Å². The number of rotatable bonds is 1. The predicted octanol–water partition coefficient (Wildman–Crippen LogP) is 0.726. The van der Waals surface area contributed by atoms with Crippen LogP contribution in [0.25, 0.3) is 16.9 Å². The highest BCUT2D eigenvalue weighted by molar-refractivity contribution is 5.85. The maximum Gasteiger partial charge on any atom is 0.169 e. The molecule has 0 aliphatic heterocycles. The molecule has 0 fully saturated rings. The van der Waals surface area contributed by atoms with Crippen molar-refractivity contribution in [3.05, 3.63) is 31.0 Å². The standard InChI is InChI=1S/C9H8N6/c10-6-3-7-8(12-4-6)13-14-9(7)15-2-1-11-5-15/h1-5H,10H2,(H,12,13,14). The fourth-order valence-electron chi connectivity index (χ4n) is 1.49. The maximum absolute atomic E-state index is 5.68. The molecule has 3 N–H and O–H groups in total. The molecule has 6 heteroatoms. The van der Waals surface area contributed by atoms with Crippen molar-refractivity contribution >= 4 is 16.7 Å². The van der Waals surface area contributed by atoms with Crippen molar-refractivity contribution in [1.29, 1.82) is 0 Å². The number of nitrogens with one attached hydrogen (secondary N) is 1. The Kier molecular flexibility index (Phi) is 1.49. The fraction of sp³-hybridized carbons (Fsp3) is 0. The van der Waals surface area contributed by atoms with Crippen molar-refractivity contribution in [3.8, 4) is 5.82 Å². The van der Waals surface area contributed by atoms with E-state index in [-0.39, 0.29) is 0 Å². The van der Waals surface area contributed by atoms with E-state index in [1.807, 2.05) is 12.3 Å². The third-order valence-corrected chi connectivity index (χ3v) is 2.17. The first-order valence-electron chi connectivity index (χ1n) is 4.42. The first-order chi connectivity index (χ1) is 7.34. The molecule has 0 spiro atoms. The zero-order chi connectivity index (χ0) is 10.3. The van der Waals surface area contributed by atoms with Gasteiger partial charge in [0.15, 0.2) is 11.5 Å². The topological polar surface area (TPSA) is 85.4 Å². The van der Waals surface area contributed by atoms with Gasteiger partial charge in [-0.15, -0.1) is 0 Å². The summed E-state index contributed by atoms with van der Waals surface area (Å²) in [5.74, 6) is 0.752. The lowest BCUT2D eigenvalue weighted by Crippen LogP contribution is -1.91. The molecule has 3 rings (SSSR count). The van der Waals surface area contributed by atoms with Crippen molar-refractivity contribution < 1.29 is 0 Å². The Morgan fingerprint density at radius 3 is 3.13 bits per heavy atom. The summed E-state index contributed by atoms with van der Waals surface area (Å²) in [6.07, 6.45) is 6.79. The van der Waals surface area contributed by atoms with Crippen LogP contribution < -0.4 is 5.73 Å². The van der Waals surface area contributed by atoms with Crippen LogP contribution in [-0.2, 0) is 0 Å². The second-order valence-electron chi connectivity index (χ2n) is 3.18. The number of nitrogens with two attached hydrogens (primary N) is 1. The van der Waals surface area contributed by atoms with Gasteiger partial charge < -0.3 is 5.73 Å². The fourth-order valence-corrected chi connectivity index (χ4v) is 1.49. The monoisotopic (exact) mass is 200 g/mol. The second kappa shape index (κ2) is 2.81. The van der Waals surface area contributed by atoms with Crippen molar-refractivity contribution in [3.63, 3.8) is 0 Å². The average Bonchev–Trinajstić information content (AvgIpc) is 2.83. The highest BCUT2D eigenvalue weighted by atomic mass is 15.2. The molecule has 0 unspecified atom stereocenters. The maximum atomic E-state index is 5.68. The van der Waals surface area contributed by atoms with Crippen LogP contribution in [-0.4, -0.2) is 24.7 Å². The number of nitrogen functional groups attached to an aromatic ring is 1. The Morgan fingerprint density at radius 1 is 1.40 bits per heavy atom. The van der Waals surface area contributed by atoms with E-state index in [1.54, 1.807) is 23.3 Å². The van der Waals surface area contributed by atoms with Crippen LogP contribution in [0.4, 0.5) is 5.69 Å². The van der Waals surface area contributed by atoms with Gasteiger partial charge in [-0.05, 0) is 6.07 Å². The summed E-state index contributed by atoms with van der Waals surface area (Å²) in [4.78, 5) is 8.10. The molecule has 74 valence electrons.